The summed E-state index contributed by atoms with van der Waals surface area (Å²) in [6, 6.07) is 6.22. The number of carbonyl (C=O) groups excluding carboxylic acids is 1. The molecule has 3 heterocycles. The van der Waals surface area contributed by atoms with Crippen LogP contribution in [0.15, 0.2) is 23.6 Å². The first kappa shape index (κ1) is 17.9. The van der Waals surface area contributed by atoms with Crippen molar-refractivity contribution in [2.75, 3.05) is 5.32 Å². The molecule has 0 radical (unpaired) electrons. The number of nitrogens with one attached hydrogen (secondary N) is 1. The van der Waals surface area contributed by atoms with Gasteiger partial charge < -0.3 is 10.6 Å². The van der Waals surface area contributed by atoms with Crippen LogP contribution in [0, 0.1) is 11.3 Å². The zero-order valence-corrected chi connectivity index (χ0v) is 16.5. The number of nitrogens with zero attached hydrogens (tertiary/aromatic N) is 1. The summed E-state index contributed by atoms with van der Waals surface area (Å²) in [7, 11) is 0. The Labute approximate surface area is 156 Å². The minimum atomic E-state index is -0.204. The molecular formula is C19H22N3OS2+. The van der Waals surface area contributed by atoms with Gasteiger partial charge in [0.05, 0.1) is 16.0 Å². The van der Waals surface area contributed by atoms with Crippen molar-refractivity contribution in [1.29, 1.82) is 5.26 Å². The number of quaternary nitrogens is 1. The molecule has 2 aromatic rings. The molecule has 4 nitrogen and oxygen atoms in total. The van der Waals surface area contributed by atoms with Gasteiger partial charge in [-0.1, -0.05) is 6.07 Å². The van der Waals surface area contributed by atoms with E-state index in [-0.39, 0.29) is 17.0 Å². The summed E-state index contributed by atoms with van der Waals surface area (Å²) in [5, 5.41) is 17.6. The van der Waals surface area contributed by atoms with Gasteiger partial charge in [-0.15, -0.1) is 22.7 Å². The monoisotopic (exact) mass is 372 g/mol. The number of nitrogens with two attached hydrogens (primary N) is 1. The molecule has 1 amide bonds. The Morgan fingerprint density at radius 3 is 2.80 bits per heavy atom. The van der Waals surface area contributed by atoms with Crippen LogP contribution in [-0.2, 0) is 16.8 Å². The van der Waals surface area contributed by atoms with Gasteiger partial charge >= 0.3 is 0 Å². The normalized spacial score (nSPS) is 17.9. The molecular weight excluding hydrogens is 350 g/mol. The summed E-state index contributed by atoms with van der Waals surface area (Å²) in [6.45, 7) is 8.73. The molecule has 0 saturated heterocycles. The van der Waals surface area contributed by atoms with E-state index in [1.165, 1.54) is 22.3 Å². The second-order valence-corrected chi connectivity index (χ2v) is 9.59. The first-order valence-corrected chi connectivity index (χ1v) is 9.87. The van der Waals surface area contributed by atoms with Crippen molar-refractivity contribution in [3.63, 3.8) is 0 Å². The highest BCUT2D eigenvalue weighted by Gasteiger charge is 2.44. The molecule has 3 rings (SSSR count). The van der Waals surface area contributed by atoms with Crippen LogP contribution < -0.4 is 10.6 Å². The van der Waals surface area contributed by atoms with E-state index in [2.05, 4.69) is 44.4 Å². The van der Waals surface area contributed by atoms with Crippen LogP contribution >= 0.6 is 22.7 Å². The molecule has 130 valence electrons. The Kier molecular flexibility index (Phi) is 4.58. The molecule has 0 fully saturated rings. The number of anilines is 1. The molecule has 0 bridgehead atoms. The largest absolute Gasteiger partial charge is 0.333 e. The summed E-state index contributed by atoms with van der Waals surface area (Å²) >= 11 is 3.11. The fourth-order valence-corrected chi connectivity index (χ4v) is 5.47. The lowest BCUT2D eigenvalue weighted by Gasteiger charge is -2.38. The third kappa shape index (κ3) is 3.69. The minimum Gasteiger partial charge on any atom is -0.333 e. The van der Waals surface area contributed by atoms with E-state index in [4.69, 9.17) is 0 Å². The lowest BCUT2D eigenvalue weighted by atomic mass is 9.81. The summed E-state index contributed by atoms with van der Waals surface area (Å²) < 4.78 is 0. The second-order valence-electron chi connectivity index (χ2n) is 7.60. The third-order valence-electron chi connectivity index (χ3n) is 4.27. The van der Waals surface area contributed by atoms with Crippen LogP contribution in [0.4, 0.5) is 5.00 Å². The fraction of sp³-hybridized carbons (Fsp3) is 0.368. The van der Waals surface area contributed by atoms with Gasteiger partial charge in [-0.05, 0) is 50.8 Å². The van der Waals surface area contributed by atoms with Crippen LogP contribution in [-0.4, -0.2) is 11.4 Å². The van der Waals surface area contributed by atoms with E-state index in [0.717, 1.165) is 16.9 Å². The van der Waals surface area contributed by atoms with Gasteiger partial charge in [-0.25, -0.2) is 0 Å². The first-order valence-electron chi connectivity index (χ1n) is 8.18. The molecule has 1 aliphatic rings. The average Bonchev–Trinajstić information content (AvgIpc) is 3.11. The number of rotatable bonds is 3. The van der Waals surface area contributed by atoms with Crippen molar-refractivity contribution in [1.82, 2.24) is 0 Å². The van der Waals surface area contributed by atoms with Crippen LogP contribution in [0.1, 0.15) is 48.6 Å². The highest BCUT2D eigenvalue weighted by atomic mass is 32.1. The summed E-state index contributed by atoms with van der Waals surface area (Å²) in [6.07, 6.45) is 4.14. The lowest BCUT2D eigenvalue weighted by Crippen LogP contribution is -3.03. The molecule has 0 aliphatic carbocycles. The topological polar surface area (TPSA) is 69.5 Å². The number of carbonyl (C=O) groups is 1. The zero-order valence-electron chi connectivity index (χ0n) is 14.8. The SMILES string of the molecule is CC1(C)Cc2c(sc(NC(=O)/C=C/c3cccs3)c2C#N)C(C)(C)[NH2+]1. The molecule has 0 atom stereocenters. The molecule has 0 unspecified atom stereocenters. The van der Waals surface area contributed by atoms with Gasteiger partial charge in [0, 0.05) is 17.4 Å². The van der Waals surface area contributed by atoms with Gasteiger partial charge in [0.1, 0.15) is 16.6 Å². The number of hydrogen-bond acceptors (Lipinski definition) is 4. The minimum absolute atomic E-state index is 0.0313. The van der Waals surface area contributed by atoms with Crippen molar-refractivity contribution in [3.8, 4) is 6.07 Å². The van der Waals surface area contributed by atoms with E-state index >= 15 is 0 Å². The Morgan fingerprint density at radius 1 is 1.40 bits per heavy atom. The number of hydrogen-bond donors (Lipinski definition) is 2. The summed E-state index contributed by atoms with van der Waals surface area (Å²) in [4.78, 5) is 14.5. The highest BCUT2D eigenvalue weighted by molar-refractivity contribution is 7.17. The molecule has 25 heavy (non-hydrogen) atoms. The van der Waals surface area contributed by atoms with E-state index < -0.39 is 0 Å². The maximum Gasteiger partial charge on any atom is 0.249 e. The Bertz CT molecular complexity index is 867. The molecule has 1 aliphatic heterocycles. The van der Waals surface area contributed by atoms with Crippen molar-refractivity contribution in [2.24, 2.45) is 0 Å². The Balaban J connectivity index is 1.90. The quantitative estimate of drug-likeness (QED) is 0.810. The number of fused-ring (bicyclic) bond motifs is 1. The molecule has 0 aromatic carbocycles. The molecule has 2 aromatic heterocycles. The number of amides is 1. The van der Waals surface area contributed by atoms with Gasteiger partial charge in [0.25, 0.3) is 0 Å². The average molecular weight is 373 g/mol. The summed E-state index contributed by atoms with van der Waals surface area (Å²) in [5.41, 5.74) is 1.63. The standard InChI is InChI=1S/C19H21N3OS2/c1-18(2)10-13-14(11-20)17(25-16(13)19(3,4)22-18)21-15(23)8-7-12-6-5-9-24-12/h5-9,22H,10H2,1-4H3,(H,21,23)/p+1/b8-7+. The van der Waals surface area contributed by atoms with Gasteiger partial charge in [0.2, 0.25) is 5.91 Å². The predicted molar refractivity (Wildman–Crippen MR) is 104 cm³/mol. The third-order valence-corrected chi connectivity index (χ3v) is 6.59. The van der Waals surface area contributed by atoms with Crippen LogP contribution in [0.3, 0.4) is 0 Å². The van der Waals surface area contributed by atoms with E-state index in [1.54, 1.807) is 17.4 Å². The van der Waals surface area contributed by atoms with E-state index in [1.807, 2.05) is 17.5 Å². The molecule has 0 spiro atoms. The predicted octanol–water partition coefficient (Wildman–Crippen LogP) is 3.47. The molecule has 0 saturated carbocycles. The van der Waals surface area contributed by atoms with Gasteiger partial charge in [-0.3, -0.25) is 4.79 Å². The van der Waals surface area contributed by atoms with Crippen molar-refractivity contribution in [3.05, 3.63) is 44.5 Å². The number of thiophene rings is 2. The van der Waals surface area contributed by atoms with E-state index in [9.17, 15) is 10.1 Å². The number of nitriles is 1. The van der Waals surface area contributed by atoms with Gasteiger partial charge in [0.15, 0.2) is 0 Å². The maximum absolute atomic E-state index is 12.3. The molecule has 3 N–H and O–H groups in total. The van der Waals surface area contributed by atoms with Crippen molar-refractivity contribution < 1.29 is 10.1 Å². The Morgan fingerprint density at radius 2 is 2.16 bits per heavy atom. The zero-order chi connectivity index (χ0) is 18.2. The highest BCUT2D eigenvalue weighted by Crippen LogP contribution is 2.41. The second kappa shape index (κ2) is 6.41. The van der Waals surface area contributed by atoms with Crippen LogP contribution in [0.2, 0.25) is 0 Å². The molecule has 6 heteroatoms. The van der Waals surface area contributed by atoms with Crippen LogP contribution in [0.25, 0.3) is 6.08 Å². The first-order chi connectivity index (χ1) is 11.7. The summed E-state index contributed by atoms with van der Waals surface area (Å²) in [5.74, 6) is -0.204. The fourth-order valence-electron chi connectivity index (χ4n) is 3.61. The van der Waals surface area contributed by atoms with E-state index in [0.29, 0.717) is 10.6 Å². The van der Waals surface area contributed by atoms with Crippen LogP contribution in [0.5, 0.6) is 0 Å². The van der Waals surface area contributed by atoms with Gasteiger partial charge in [-0.2, -0.15) is 5.26 Å². The van der Waals surface area contributed by atoms with Crippen molar-refractivity contribution in [2.45, 2.75) is 45.2 Å². The Hall–Kier alpha value is -1.94. The lowest BCUT2D eigenvalue weighted by molar-refractivity contribution is -0.789. The van der Waals surface area contributed by atoms with Crippen molar-refractivity contribution >= 4 is 39.7 Å². The maximum atomic E-state index is 12.3. The smallest absolute Gasteiger partial charge is 0.249 e.